The second-order valence-corrected chi connectivity index (χ2v) is 5.36. The van der Waals surface area contributed by atoms with Crippen LogP contribution in [0.1, 0.15) is 50.6 Å². The average Bonchev–Trinajstić information content (AvgIpc) is 2.41. The van der Waals surface area contributed by atoms with E-state index < -0.39 is 11.6 Å². The fraction of sp³-hybridized carbons (Fsp3) is 0.600. The van der Waals surface area contributed by atoms with Crippen molar-refractivity contribution in [1.29, 1.82) is 0 Å². The lowest BCUT2D eigenvalue weighted by molar-refractivity contribution is 0.237. The van der Waals surface area contributed by atoms with Gasteiger partial charge in [-0.25, -0.2) is 8.78 Å². The molecule has 0 spiro atoms. The van der Waals surface area contributed by atoms with Gasteiger partial charge in [-0.15, -0.1) is 0 Å². The van der Waals surface area contributed by atoms with Gasteiger partial charge in [0.05, 0.1) is 0 Å². The molecule has 2 rings (SSSR count). The molecule has 1 aromatic rings. The molecule has 1 unspecified atom stereocenters. The molecule has 1 fully saturated rings. The Morgan fingerprint density at radius 3 is 2.50 bits per heavy atom. The van der Waals surface area contributed by atoms with E-state index in [0.717, 1.165) is 37.7 Å². The van der Waals surface area contributed by atoms with E-state index in [2.05, 4.69) is 6.92 Å². The molecule has 0 heterocycles. The molecule has 3 heteroatoms. The van der Waals surface area contributed by atoms with E-state index in [4.69, 9.17) is 5.73 Å². The lowest BCUT2D eigenvalue weighted by Crippen LogP contribution is -2.27. The van der Waals surface area contributed by atoms with Gasteiger partial charge in [-0.3, -0.25) is 0 Å². The first-order valence-electron chi connectivity index (χ1n) is 6.83. The SMILES string of the molecule is CCC1CCC(C(N)c2cccc(F)c2F)CC1. The summed E-state index contributed by atoms with van der Waals surface area (Å²) in [5, 5.41) is 0. The molecule has 1 atom stereocenters. The molecule has 0 aliphatic heterocycles. The van der Waals surface area contributed by atoms with Crippen LogP contribution in [0.5, 0.6) is 0 Å². The Hall–Kier alpha value is -0.960. The fourth-order valence-electron chi connectivity index (χ4n) is 2.99. The van der Waals surface area contributed by atoms with Gasteiger partial charge < -0.3 is 5.73 Å². The number of benzene rings is 1. The Kier molecular flexibility index (Phi) is 4.33. The van der Waals surface area contributed by atoms with Gasteiger partial charge >= 0.3 is 0 Å². The van der Waals surface area contributed by atoms with Crippen LogP contribution in [0.2, 0.25) is 0 Å². The van der Waals surface area contributed by atoms with Gasteiger partial charge in [0.1, 0.15) is 0 Å². The molecule has 0 aromatic heterocycles. The summed E-state index contributed by atoms with van der Waals surface area (Å²) in [5.74, 6) is -0.511. The molecule has 18 heavy (non-hydrogen) atoms. The second kappa shape index (κ2) is 5.79. The van der Waals surface area contributed by atoms with Gasteiger partial charge in [-0.1, -0.05) is 38.3 Å². The first-order chi connectivity index (χ1) is 8.63. The van der Waals surface area contributed by atoms with E-state index in [0.29, 0.717) is 5.56 Å². The van der Waals surface area contributed by atoms with E-state index in [9.17, 15) is 8.78 Å². The third kappa shape index (κ3) is 2.72. The third-order valence-electron chi connectivity index (χ3n) is 4.32. The predicted molar refractivity (Wildman–Crippen MR) is 69.0 cm³/mol. The average molecular weight is 253 g/mol. The van der Waals surface area contributed by atoms with Gasteiger partial charge in [-0.2, -0.15) is 0 Å². The van der Waals surface area contributed by atoms with Crippen molar-refractivity contribution in [2.75, 3.05) is 0 Å². The standard InChI is InChI=1S/C15H21F2N/c1-2-10-6-8-11(9-7-10)15(18)12-4-3-5-13(16)14(12)17/h3-5,10-11,15H,2,6-9,18H2,1H3. The van der Waals surface area contributed by atoms with Gasteiger partial charge in [0.25, 0.3) is 0 Å². The predicted octanol–water partition coefficient (Wildman–Crippen LogP) is 4.18. The van der Waals surface area contributed by atoms with Crippen molar-refractivity contribution in [1.82, 2.24) is 0 Å². The van der Waals surface area contributed by atoms with Crippen LogP contribution < -0.4 is 5.73 Å². The van der Waals surface area contributed by atoms with E-state index in [1.165, 1.54) is 12.5 Å². The number of hydrogen-bond donors (Lipinski definition) is 1. The lowest BCUT2D eigenvalue weighted by atomic mass is 9.76. The molecule has 1 nitrogen and oxygen atoms in total. The summed E-state index contributed by atoms with van der Waals surface area (Å²) in [7, 11) is 0. The largest absolute Gasteiger partial charge is 0.324 e. The summed E-state index contributed by atoms with van der Waals surface area (Å²) in [6.07, 6.45) is 5.57. The lowest BCUT2D eigenvalue weighted by Gasteiger charge is -2.32. The molecule has 0 saturated heterocycles. The van der Waals surface area contributed by atoms with Crippen LogP contribution in [0.3, 0.4) is 0 Å². The monoisotopic (exact) mass is 253 g/mol. The van der Waals surface area contributed by atoms with Crippen molar-refractivity contribution in [3.8, 4) is 0 Å². The van der Waals surface area contributed by atoms with E-state index >= 15 is 0 Å². The van der Waals surface area contributed by atoms with E-state index in [1.54, 1.807) is 6.07 Å². The van der Waals surface area contributed by atoms with Crippen LogP contribution in [0, 0.1) is 23.5 Å². The van der Waals surface area contributed by atoms with Crippen LogP contribution in [-0.4, -0.2) is 0 Å². The summed E-state index contributed by atoms with van der Waals surface area (Å²) < 4.78 is 26.9. The maximum Gasteiger partial charge on any atom is 0.163 e. The molecule has 1 aromatic carbocycles. The first-order valence-corrected chi connectivity index (χ1v) is 6.83. The molecular weight excluding hydrogens is 232 g/mol. The van der Waals surface area contributed by atoms with Crippen molar-refractivity contribution >= 4 is 0 Å². The minimum Gasteiger partial charge on any atom is -0.324 e. The van der Waals surface area contributed by atoms with Gasteiger partial charge in [0.2, 0.25) is 0 Å². The highest BCUT2D eigenvalue weighted by Gasteiger charge is 2.27. The minimum absolute atomic E-state index is 0.282. The zero-order valence-electron chi connectivity index (χ0n) is 10.8. The Labute approximate surface area is 107 Å². The van der Waals surface area contributed by atoms with Crippen molar-refractivity contribution in [2.45, 2.75) is 45.1 Å². The Morgan fingerprint density at radius 2 is 1.89 bits per heavy atom. The topological polar surface area (TPSA) is 26.0 Å². The molecule has 1 aliphatic rings. The zero-order chi connectivity index (χ0) is 13.1. The Morgan fingerprint density at radius 1 is 1.22 bits per heavy atom. The molecule has 0 radical (unpaired) electrons. The van der Waals surface area contributed by atoms with Crippen molar-refractivity contribution in [3.63, 3.8) is 0 Å². The van der Waals surface area contributed by atoms with E-state index in [1.807, 2.05) is 0 Å². The molecule has 1 aliphatic carbocycles. The quantitative estimate of drug-likeness (QED) is 0.859. The summed E-state index contributed by atoms with van der Waals surface area (Å²) in [6, 6.07) is 3.90. The number of rotatable bonds is 3. The highest BCUT2D eigenvalue weighted by atomic mass is 19.2. The van der Waals surface area contributed by atoms with Crippen LogP contribution in [-0.2, 0) is 0 Å². The number of nitrogens with two attached hydrogens (primary N) is 1. The summed E-state index contributed by atoms with van der Waals surface area (Å²) in [6.45, 7) is 2.21. The Balaban J connectivity index is 2.08. The van der Waals surface area contributed by atoms with Gasteiger partial charge in [-0.05, 0) is 30.7 Å². The first kappa shape index (κ1) is 13.5. The molecule has 100 valence electrons. The van der Waals surface area contributed by atoms with Gasteiger partial charge in [0, 0.05) is 11.6 Å². The maximum absolute atomic E-state index is 13.7. The highest BCUT2D eigenvalue weighted by Crippen LogP contribution is 2.37. The number of hydrogen-bond acceptors (Lipinski definition) is 1. The van der Waals surface area contributed by atoms with Crippen LogP contribution in [0.25, 0.3) is 0 Å². The molecule has 1 saturated carbocycles. The number of halogens is 2. The molecule has 0 amide bonds. The third-order valence-corrected chi connectivity index (χ3v) is 4.32. The second-order valence-electron chi connectivity index (χ2n) is 5.36. The summed E-state index contributed by atoms with van der Waals surface area (Å²) in [4.78, 5) is 0. The maximum atomic E-state index is 13.7. The van der Waals surface area contributed by atoms with Crippen LogP contribution in [0.4, 0.5) is 8.78 Å². The van der Waals surface area contributed by atoms with Crippen molar-refractivity contribution in [3.05, 3.63) is 35.4 Å². The van der Waals surface area contributed by atoms with Crippen molar-refractivity contribution in [2.24, 2.45) is 17.6 Å². The van der Waals surface area contributed by atoms with Gasteiger partial charge in [0.15, 0.2) is 11.6 Å². The smallest absolute Gasteiger partial charge is 0.163 e. The molecule has 0 bridgehead atoms. The van der Waals surface area contributed by atoms with Crippen LogP contribution >= 0.6 is 0 Å². The normalized spacial score (nSPS) is 26.0. The van der Waals surface area contributed by atoms with E-state index in [-0.39, 0.29) is 12.0 Å². The van der Waals surface area contributed by atoms with Crippen LogP contribution in [0.15, 0.2) is 18.2 Å². The fourth-order valence-corrected chi connectivity index (χ4v) is 2.99. The minimum atomic E-state index is -0.801. The Bertz CT molecular complexity index is 397. The van der Waals surface area contributed by atoms with Crippen molar-refractivity contribution < 1.29 is 8.78 Å². The summed E-state index contributed by atoms with van der Waals surface area (Å²) in [5.41, 5.74) is 6.45. The zero-order valence-corrected chi connectivity index (χ0v) is 10.8. The molecule has 2 N–H and O–H groups in total. The highest BCUT2D eigenvalue weighted by molar-refractivity contribution is 5.23. The summed E-state index contributed by atoms with van der Waals surface area (Å²) >= 11 is 0. The molecular formula is C15H21F2N.